The first-order valence-corrected chi connectivity index (χ1v) is 12.3. The number of nitrogens with zero attached hydrogens (tertiary/aromatic N) is 1. The Balaban J connectivity index is 1.63. The van der Waals surface area contributed by atoms with Gasteiger partial charge < -0.3 is 15.0 Å². The molecule has 4 aromatic carbocycles. The Hall–Kier alpha value is -4.12. The lowest BCUT2D eigenvalue weighted by molar-refractivity contribution is -0.143. The number of ether oxygens (including phenoxy) is 1. The molecule has 0 heterocycles. The second-order valence-corrected chi connectivity index (χ2v) is 9.14. The number of hydrogen-bond donors (Lipinski definition) is 1. The normalized spacial score (nSPS) is 11.8. The molecule has 0 spiro atoms. The topological polar surface area (TPSA) is 58.6 Å². The summed E-state index contributed by atoms with van der Waals surface area (Å²) in [5.74, 6) is 0.224. The van der Waals surface area contributed by atoms with Crippen LogP contribution >= 0.6 is 0 Å². The third-order valence-corrected chi connectivity index (χ3v) is 6.00. The molecule has 0 aromatic heterocycles. The van der Waals surface area contributed by atoms with Crippen LogP contribution in [0.3, 0.4) is 0 Å². The predicted octanol–water partition coefficient (Wildman–Crippen LogP) is 5.38. The second kappa shape index (κ2) is 12.0. The molecule has 4 aromatic rings. The summed E-state index contributed by atoms with van der Waals surface area (Å²) in [6, 6.07) is 32.5. The molecule has 0 bridgehead atoms. The number of rotatable bonds is 10. The zero-order chi connectivity index (χ0) is 25.3. The Kier molecular flexibility index (Phi) is 8.35. The van der Waals surface area contributed by atoms with Gasteiger partial charge in [0.05, 0.1) is 0 Å². The minimum atomic E-state index is -0.682. The van der Waals surface area contributed by atoms with Gasteiger partial charge in [-0.25, -0.2) is 0 Å². The first kappa shape index (κ1) is 25.0. The molecule has 2 amide bonds. The van der Waals surface area contributed by atoms with Crippen LogP contribution in [0.2, 0.25) is 0 Å². The Morgan fingerprint density at radius 1 is 0.778 bits per heavy atom. The summed E-state index contributed by atoms with van der Waals surface area (Å²) in [7, 11) is 0. The third kappa shape index (κ3) is 6.51. The van der Waals surface area contributed by atoms with Crippen molar-refractivity contribution in [2.75, 3.05) is 6.61 Å². The lowest BCUT2D eigenvalue weighted by atomic mass is 10.0. The van der Waals surface area contributed by atoms with E-state index < -0.39 is 6.04 Å². The molecule has 0 aliphatic rings. The van der Waals surface area contributed by atoms with Gasteiger partial charge in [-0.3, -0.25) is 9.59 Å². The Bertz CT molecular complexity index is 1280. The lowest BCUT2D eigenvalue weighted by Gasteiger charge is -2.32. The summed E-state index contributed by atoms with van der Waals surface area (Å²) in [5.41, 5.74) is 1.94. The molecule has 184 valence electrons. The van der Waals surface area contributed by atoms with E-state index in [1.807, 2.05) is 117 Å². The van der Waals surface area contributed by atoms with Gasteiger partial charge in [-0.05, 0) is 36.4 Å². The van der Waals surface area contributed by atoms with Gasteiger partial charge in [0.15, 0.2) is 6.61 Å². The van der Waals surface area contributed by atoms with Crippen LogP contribution in [0.1, 0.15) is 25.0 Å². The molecule has 0 saturated carbocycles. The molecule has 0 saturated heterocycles. The fourth-order valence-corrected chi connectivity index (χ4v) is 4.26. The molecule has 0 aliphatic carbocycles. The van der Waals surface area contributed by atoms with E-state index in [2.05, 4.69) is 5.32 Å². The van der Waals surface area contributed by atoms with Crippen molar-refractivity contribution in [1.82, 2.24) is 10.2 Å². The third-order valence-electron chi connectivity index (χ3n) is 6.00. The van der Waals surface area contributed by atoms with Crippen LogP contribution in [-0.4, -0.2) is 35.4 Å². The Morgan fingerprint density at radius 3 is 2.08 bits per heavy atom. The van der Waals surface area contributed by atoms with Gasteiger partial charge in [0.25, 0.3) is 5.91 Å². The molecule has 0 radical (unpaired) electrons. The van der Waals surface area contributed by atoms with Crippen molar-refractivity contribution in [3.63, 3.8) is 0 Å². The van der Waals surface area contributed by atoms with E-state index >= 15 is 0 Å². The highest BCUT2D eigenvalue weighted by molar-refractivity contribution is 5.90. The highest BCUT2D eigenvalue weighted by Gasteiger charge is 2.31. The number of nitrogens with one attached hydrogen (secondary N) is 1. The number of benzene rings is 4. The monoisotopic (exact) mass is 480 g/mol. The molecule has 4 rings (SSSR count). The molecule has 1 atom stereocenters. The van der Waals surface area contributed by atoms with Crippen LogP contribution in [0.25, 0.3) is 10.8 Å². The maximum atomic E-state index is 13.7. The van der Waals surface area contributed by atoms with E-state index in [1.54, 1.807) is 4.90 Å². The smallest absolute Gasteiger partial charge is 0.261 e. The number of hydrogen-bond acceptors (Lipinski definition) is 3. The summed E-state index contributed by atoms with van der Waals surface area (Å²) < 4.78 is 6.04. The average molecular weight is 481 g/mol. The van der Waals surface area contributed by atoms with Gasteiger partial charge in [-0.2, -0.15) is 0 Å². The van der Waals surface area contributed by atoms with Crippen molar-refractivity contribution in [2.45, 2.75) is 38.9 Å². The molecule has 36 heavy (non-hydrogen) atoms. The SMILES string of the molecule is CC(C)NC(=O)C(Cc1ccccc1)N(Cc1ccccc1)C(=O)COc1cccc2ccccc12. The zero-order valence-corrected chi connectivity index (χ0v) is 20.8. The van der Waals surface area contributed by atoms with Gasteiger partial charge in [-0.1, -0.05) is 97.1 Å². The van der Waals surface area contributed by atoms with E-state index in [1.165, 1.54) is 0 Å². The van der Waals surface area contributed by atoms with Crippen molar-refractivity contribution in [3.8, 4) is 5.75 Å². The minimum Gasteiger partial charge on any atom is -0.483 e. The molecular formula is C31H32N2O3. The molecular weight excluding hydrogens is 448 g/mol. The summed E-state index contributed by atoms with van der Waals surface area (Å²) >= 11 is 0. The van der Waals surface area contributed by atoms with E-state index in [4.69, 9.17) is 4.74 Å². The summed E-state index contributed by atoms with van der Waals surface area (Å²) in [4.78, 5) is 28.7. The van der Waals surface area contributed by atoms with Crippen LogP contribution in [-0.2, 0) is 22.6 Å². The molecule has 5 heteroatoms. The van der Waals surface area contributed by atoms with Gasteiger partial charge >= 0.3 is 0 Å². The first-order valence-electron chi connectivity index (χ1n) is 12.3. The number of fused-ring (bicyclic) bond motifs is 1. The van der Waals surface area contributed by atoms with Crippen molar-refractivity contribution < 1.29 is 14.3 Å². The van der Waals surface area contributed by atoms with Gasteiger partial charge in [0.2, 0.25) is 5.91 Å². The molecule has 0 aliphatic heterocycles. The van der Waals surface area contributed by atoms with E-state index in [9.17, 15) is 9.59 Å². The van der Waals surface area contributed by atoms with Gasteiger partial charge in [0.1, 0.15) is 11.8 Å². The molecule has 5 nitrogen and oxygen atoms in total. The van der Waals surface area contributed by atoms with Gasteiger partial charge in [-0.15, -0.1) is 0 Å². The highest BCUT2D eigenvalue weighted by Crippen LogP contribution is 2.25. The van der Waals surface area contributed by atoms with E-state index in [0.29, 0.717) is 18.7 Å². The fraction of sp³-hybridized carbons (Fsp3) is 0.226. The number of carbonyl (C=O) groups is 2. The average Bonchev–Trinajstić information content (AvgIpc) is 2.90. The van der Waals surface area contributed by atoms with Crippen molar-refractivity contribution in [3.05, 3.63) is 114 Å². The highest BCUT2D eigenvalue weighted by atomic mass is 16.5. The molecule has 0 fully saturated rings. The van der Waals surface area contributed by atoms with E-state index in [-0.39, 0.29) is 24.5 Å². The number of amides is 2. The largest absolute Gasteiger partial charge is 0.483 e. The maximum absolute atomic E-state index is 13.7. The van der Waals surface area contributed by atoms with Crippen LogP contribution in [0.5, 0.6) is 5.75 Å². The van der Waals surface area contributed by atoms with Crippen LogP contribution in [0.15, 0.2) is 103 Å². The molecule has 1 unspecified atom stereocenters. The van der Waals surface area contributed by atoms with Crippen LogP contribution in [0, 0.1) is 0 Å². The first-order chi connectivity index (χ1) is 17.5. The predicted molar refractivity (Wildman–Crippen MR) is 144 cm³/mol. The van der Waals surface area contributed by atoms with Crippen molar-refractivity contribution in [1.29, 1.82) is 0 Å². The standard InChI is InChI=1S/C31H32N2O3/c1-23(2)32-31(35)28(20-24-12-5-3-6-13-24)33(21-25-14-7-4-8-15-25)30(34)22-36-29-19-11-17-26-16-9-10-18-27(26)29/h3-19,23,28H,20-22H2,1-2H3,(H,32,35). The second-order valence-electron chi connectivity index (χ2n) is 9.14. The Morgan fingerprint density at radius 2 is 1.39 bits per heavy atom. The summed E-state index contributed by atoms with van der Waals surface area (Å²) in [5, 5.41) is 5.00. The van der Waals surface area contributed by atoms with Crippen LogP contribution in [0.4, 0.5) is 0 Å². The van der Waals surface area contributed by atoms with Crippen LogP contribution < -0.4 is 10.1 Å². The minimum absolute atomic E-state index is 0.0450. The molecule has 1 N–H and O–H groups in total. The van der Waals surface area contributed by atoms with E-state index in [0.717, 1.165) is 21.9 Å². The van der Waals surface area contributed by atoms with Crippen molar-refractivity contribution >= 4 is 22.6 Å². The summed E-state index contributed by atoms with van der Waals surface area (Å²) in [6.07, 6.45) is 0.409. The van der Waals surface area contributed by atoms with Gasteiger partial charge in [0, 0.05) is 24.4 Å². The fourth-order valence-electron chi connectivity index (χ4n) is 4.26. The number of carbonyl (C=O) groups excluding carboxylic acids is 2. The zero-order valence-electron chi connectivity index (χ0n) is 20.8. The Labute approximate surface area is 212 Å². The maximum Gasteiger partial charge on any atom is 0.261 e. The van der Waals surface area contributed by atoms with Crippen molar-refractivity contribution in [2.24, 2.45) is 0 Å². The lowest BCUT2D eigenvalue weighted by Crippen LogP contribution is -2.52. The summed E-state index contributed by atoms with van der Waals surface area (Å²) in [6.45, 7) is 3.98. The quantitative estimate of drug-likeness (QED) is 0.331.